The SMILES string of the molecule is CN(C)C(=O)c1cccc(C2C=C(C(F)(F)F)N(CCO)N2)n1. The van der Waals surface area contributed by atoms with Gasteiger partial charge in [0.05, 0.1) is 24.9 Å². The van der Waals surface area contributed by atoms with E-state index < -0.39 is 24.5 Å². The van der Waals surface area contributed by atoms with Gasteiger partial charge in [-0.25, -0.2) is 10.4 Å². The Morgan fingerprint density at radius 3 is 2.70 bits per heavy atom. The van der Waals surface area contributed by atoms with Crippen LogP contribution in [0.2, 0.25) is 0 Å². The van der Waals surface area contributed by atoms with Crippen molar-refractivity contribution in [2.24, 2.45) is 0 Å². The Kier molecular flexibility index (Phi) is 4.90. The van der Waals surface area contributed by atoms with Crippen molar-refractivity contribution in [1.82, 2.24) is 20.3 Å². The summed E-state index contributed by atoms with van der Waals surface area (Å²) in [6.07, 6.45) is -3.56. The maximum absolute atomic E-state index is 13.0. The van der Waals surface area contributed by atoms with Crippen LogP contribution >= 0.6 is 0 Å². The number of halogens is 3. The Morgan fingerprint density at radius 2 is 2.13 bits per heavy atom. The third-order valence-corrected chi connectivity index (χ3v) is 3.24. The van der Waals surface area contributed by atoms with E-state index in [1.807, 2.05) is 0 Å². The van der Waals surface area contributed by atoms with Gasteiger partial charge in [0.15, 0.2) is 0 Å². The van der Waals surface area contributed by atoms with Gasteiger partial charge < -0.3 is 15.0 Å². The van der Waals surface area contributed by atoms with Crippen LogP contribution in [0.5, 0.6) is 0 Å². The van der Waals surface area contributed by atoms with Crippen LogP contribution in [0, 0.1) is 0 Å². The number of allylic oxidation sites excluding steroid dienone is 1. The Labute approximate surface area is 131 Å². The van der Waals surface area contributed by atoms with Gasteiger partial charge in [0, 0.05) is 14.1 Å². The first kappa shape index (κ1) is 17.2. The van der Waals surface area contributed by atoms with E-state index in [1.165, 1.54) is 17.0 Å². The predicted molar refractivity (Wildman–Crippen MR) is 76.1 cm³/mol. The zero-order chi connectivity index (χ0) is 17.2. The molecule has 1 atom stereocenters. The standard InChI is InChI=1S/C14H17F3N4O2/c1-20(2)13(23)10-5-3-4-9(18-10)11-8-12(14(15,16)17)21(19-11)6-7-22/h3-5,8,11,19,22H,6-7H2,1-2H3. The number of carbonyl (C=O) groups excluding carboxylic acids is 1. The molecule has 1 amide bonds. The fourth-order valence-corrected chi connectivity index (χ4v) is 2.18. The fourth-order valence-electron chi connectivity index (χ4n) is 2.18. The van der Waals surface area contributed by atoms with Crippen molar-refractivity contribution in [3.8, 4) is 0 Å². The lowest BCUT2D eigenvalue weighted by Crippen LogP contribution is -2.39. The minimum atomic E-state index is -4.55. The highest BCUT2D eigenvalue weighted by molar-refractivity contribution is 5.91. The first-order chi connectivity index (χ1) is 10.7. The molecule has 23 heavy (non-hydrogen) atoms. The first-order valence-corrected chi connectivity index (χ1v) is 6.86. The van der Waals surface area contributed by atoms with E-state index in [2.05, 4.69) is 10.4 Å². The Morgan fingerprint density at radius 1 is 1.43 bits per heavy atom. The van der Waals surface area contributed by atoms with Crippen molar-refractivity contribution in [2.45, 2.75) is 12.2 Å². The van der Waals surface area contributed by atoms with Crippen molar-refractivity contribution in [1.29, 1.82) is 0 Å². The van der Waals surface area contributed by atoms with Gasteiger partial charge in [0.1, 0.15) is 11.4 Å². The second-order valence-corrected chi connectivity index (χ2v) is 5.18. The maximum atomic E-state index is 13.0. The Bertz CT molecular complexity index is 616. The number of nitrogens with one attached hydrogen (secondary N) is 1. The third kappa shape index (κ3) is 3.80. The molecule has 0 fully saturated rings. The number of alkyl halides is 3. The number of amides is 1. The molecule has 0 radical (unpaired) electrons. The summed E-state index contributed by atoms with van der Waals surface area (Å²) in [7, 11) is 3.13. The number of pyridine rings is 1. The summed E-state index contributed by atoms with van der Waals surface area (Å²) in [4.78, 5) is 17.4. The highest BCUT2D eigenvalue weighted by Gasteiger charge is 2.42. The average molecular weight is 330 g/mol. The Balaban J connectivity index is 2.31. The van der Waals surface area contributed by atoms with Gasteiger partial charge in [0.25, 0.3) is 5.91 Å². The largest absolute Gasteiger partial charge is 0.432 e. The van der Waals surface area contributed by atoms with Gasteiger partial charge in [-0.1, -0.05) is 6.07 Å². The minimum absolute atomic E-state index is 0.150. The maximum Gasteiger partial charge on any atom is 0.432 e. The summed E-state index contributed by atoms with van der Waals surface area (Å²) in [6.45, 7) is -0.641. The number of nitrogens with zero attached hydrogens (tertiary/aromatic N) is 3. The van der Waals surface area contributed by atoms with Gasteiger partial charge in [-0.3, -0.25) is 4.79 Å². The van der Waals surface area contributed by atoms with Crippen molar-refractivity contribution in [2.75, 3.05) is 27.2 Å². The second kappa shape index (κ2) is 6.55. The van der Waals surface area contributed by atoms with Gasteiger partial charge in [0.2, 0.25) is 0 Å². The topological polar surface area (TPSA) is 68.7 Å². The summed E-state index contributed by atoms with van der Waals surface area (Å²) in [6, 6.07) is 3.78. The van der Waals surface area contributed by atoms with Crippen LogP contribution in [0.4, 0.5) is 13.2 Å². The molecule has 1 aliphatic rings. The summed E-state index contributed by atoms with van der Waals surface area (Å²) >= 11 is 0. The average Bonchev–Trinajstić information content (AvgIpc) is 2.91. The van der Waals surface area contributed by atoms with Crippen LogP contribution < -0.4 is 5.43 Å². The number of aromatic nitrogens is 1. The summed E-state index contributed by atoms with van der Waals surface area (Å²) < 4.78 is 39.1. The minimum Gasteiger partial charge on any atom is -0.394 e. The van der Waals surface area contributed by atoms with Crippen molar-refractivity contribution < 1.29 is 23.1 Å². The number of rotatable bonds is 4. The molecule has 0 aliphatic carbocycles. The van der Waals surface area contributed by atoms with E-state index in [1.54, 1.807) is 20.2 Å². The number of hydrogen-bond donors (Lipinski definition) is 2. The zero-order valence-electron chi connectivity index (χ0n) is 12.6. The summed E-state index contributed by atoms with van der Waals surface area (Å²) in [5, 5.41) is 9.74. The summed E-state index contributed by atoms with van der Waals surface area (Å²) in [5.41, 5.74) is 2.19. The predicted octanol–water partition coefficient (Wildman–Crippen LogP) is 1.08. The molecule has 1 aromatic heterocycles. The fraction of sp³-hybridized carbons (Fsp3) is 0.429. The normalized spacial score (nSPS) is 18.1. The molecule has 2 heterocycles. The molecule has 0 bridgehead atoms. The van der Waals surface area contributed by atoms with Crippen molar-refractivity contribution >= 4 is 5.91 Å². The quantitative estimate of drug-likeness (QED) is 0.865. The molecular weight excluding hydrogens is 313 g/mol. The van der Waals surface area contributed by atoms with E-state index in [0.717, 1.165) is 11.1 Å². The molecule has 2 rings (SSSR count). The monoisotopic (exact) mass is 330 g/mol. The summed E-state index contributed by atoms with van der Waals surface area (Å²) in [5.74, 6) is -0.336. The molecule has 0 saturated carbocycles. The number of aliphatic hydroxyl groups is 1. The molecule has 126 valence electrons. The van der Waals surface area contributed by atoms with Gasteiger partial charge in [-0.15, -0.1) is 0 Å². The van der Waals surface area contributed by atoms with E-state index in [-0.39, 0.29) is 18.1 Å². The smallest absolute Gasteiger partial charge is 0.394 e. The highest BCUT2D eigenvalue weighted by atomic mass is 19.4. The van der Waals surface area contributed by atoms with Crippen LogP contribution in [0.3, 0.4) is 0 Å². The molecule has 0 aromatic carbocycles. The number of hydrazine groups is 1. The van der Waals surface area contributed by atoms with E-state index in [0.29, 0.717) is 5.69 Å². The molecule has 1 unspecified atom stereocenters. The van der Waals surface area contributed by atoms with Gasteiger partial charge in [-0.2, -0.15) is 13.2 Å². The lowest BCUT2D eigenvalue weighted by Gasteiger charge is -2.24. The molecule has 1 aliphatic heterocycles. The highest BCUT2D eigenvalue weighted by Crippen LogP contribution is 2.34. The number of carbonyl (C=O) groups is 1. The number of hydrogen-bond acceptors (Lipinski definition) is 5. The molecular formula is C14H17F3N4O2. The van der Waals surface area contributed by atoms with Gasteiger partial charge >= 0.3 is 6.18 Å². The van der Waals surface area contributed by atoms with E-state index in [9.17, 15) is 18.0 Å². The van der Waals surface area contributed by atoms with Gasteiger partial charge in [-0.05, 0) is 18.2 Å². The zero-order valence-corrected chi connectivity index (χ0v) is 12.6. The van der Waals surface area contributed by atoms with Crippen LogP contribution in [-0.4, -0.2) is 59.3 Å². The van der Waals surface area contributed by atoms with Crippen LogP contribution in [0.1, 0.15) is 22.2 Å². The molecule has 1 aromatic rings. The number of β-amino-alcohol motifs (C(OH)–C–C–N with tert-alkyl or cyclic N) is 1. The van der Waals surface area contributed by atoms with Crippen molar-refractivity contribution in [3.63, 3.8) is 0 Å². The number of aliphatic hydroxyl groups excluding tert-OH is 1. The molecule has 0 saturated heterocycles. The first-order valence-electron chi connectivity index (χ1n) is 6.86. The molecule has 9 heteroatoms. The van der Waals surface area contributed by atoms with E-state index >= 15 is 0 Å². The van der Waals surface area contributed by atoms with Crippen molar-refractivity contribution in [3.05, 3.63) is 41.4 Å². The van der Waals surface area contributed by atoms with E-state index in [4.69, 9.17) is 5.11 Å². The lowest BCUT2D eigenvalue weighted by atomic mass is 10.1. The molecule has 0 spiro atoms. The Hall–Kier alpha value is -2.13. The van der Waals surface area contributed by atoms with Crippen LogP contribution in [0.15, 0.2) is 30.0 Å². The molecule has 6 nitrogen and oxygen atoms in total. The second-order valence-electron chi connectivity index (χ2n) is 5.18. The van der Waals surface area contributed by atoms with Crippen LogP contribution in [0.25, 0.3) is 0 Å². The third-order valence-electron chi connectivity index (χ3n) is 3.24. The molecule has 2 N–H and O–H groups in total. The lowest BCUT2D eigenvalue weighted by molar-refractivity contribution is -0.114. The van der Waals surface area contributed by atoms with Crippen LogP contribution in [-0.2, 0) is 0 Å².